The Morgan fingerprint density at radius 3 is 2.76 bits per heavy atom. The molecule has 0 atom stereocenters. The second kappa shape index (κ2) is 4.41. The normalized spacial score (nSPS) is 17.8. The summed E-state index contributed by atoms with van der Waals surface area (Å²) in [4.78, 5) is 4.45. The third kappa shape index (κ3) is 1.99. The number of hydrogen-bond donors (Lipinski definition) is 0. The molecular formula is C13H16BrN3. The minimum atomic E-state index is 0.641. The van der Waals surface area contributed by atoms with E-state index in [0.717, 1.165) is 15.9 Å². The van der Waals surface area contributed by atoms with Crippen molar-refractivity contribution in [3.05, 3.63) is 28.1 Å². The van der Waals surface area contributed by atoms with Crippen molar-refractivity contribution in [2.75, 3.05) is 0 Å². The van der Waals surface area contributed by atoms with Crippen LogP contribution in [0.3, 0.4) is 0 Å². The first-order valence-electron chi connectivity index (χ1n) is 6.27. The fourth-order valence-corrected chi connectivity index (χ4v) is 3.00. The molecule has 1 aliphatic carbocycles. The summed E-state index contributed by atoms with van der Waals surface area (Å²) in [5, 5.41) is 4.73. The molecule has 2 aromatic heterocycles. The molecule has 0 spiro atoms. The number of hydrogen-bond acceptors (Lipinski definition) is 2. The molecule has 0 saturated heterocycles. The molecule has 90 valence electrons. The van der Waals surface area contributed by atoms with Gasteiger partial charge in [-0.3, -0.25) is 0 Å². The molecule has 0 amide bonds. The average molecular weight is 294 g/mol. The van der Waals surface area contributed by atoms with Gasteiger partial charge in [0, 0.05) is 5.92 Å². The van der Waals surface area contributed by atoms with Crippen molar-refractivity contribution in [3.63, 3.8) is 0 Å². The highest BCUT2D eigenvalue weighted by molar-refractivity contribution is 9.10. The Labute approximate surface area is 109 Å². The molecule has 2 aromatic rings. The minimum absolute atomic E-state index is 0.641. The molecule has 2 heterocycles. The molecule has 0 unspecified atom stereocenters. The van der Waals surface area contributed by atoms with Gasteiger partial charge in [0.05, 0.1) is 11.4 Å². The number of nitrogens with zero attached hydrogens (tertiary/aromatic N) is 3. The van der Waals surface area contributed by atoms with Crippen molar-refractivity contribution in [2.24, 2.45) is 0 Å². The summed E-state index contributed by atoms with van der Waals surface area (Å²) in [5.41, 5.74) is 3.14. The molecule has 0 N–H and O–H groups in total. The fraction of sp³-hybridized carbons (Fsp3) is 0.538. The van der Waals surface area contributed by atoms with Crippen LogP contribution in [0.2, 0.25) is 0 Å². The van der Waals surface area contributed by atoms with E-state index >= 15 is 0 Å². The molecule has 0 radical (unpaired) electrons. The highest BCUT2D eigenvalue weighted by Crippen LogP contribution is 2.31. The van der Waals surface area contributed by atoms with E-state index in [4.69, 9.17) is 5.10 Å². The van der Waals surface area contributed by atoms with Gasteiger partial charge in [-0.25, -0.2) is 9.50 Å². The van der Waals surface area contributed by atoms with Crippen molar-refractivity contribution >= 4 is 21.6 Å². The average Bonchev–Trinajstić information content (AvgIpc) is 2.66. The molecule has 3 rings (SSSR count). The molecule has 1 aliphatic rings. The monoisotopic (exact) mass is 293 g/mol. The zero-order valence-corrected chi connectivity index (χ0v) is 11.6. The Kier molecular flexibility index (Phi) is 2.90. The maximum atomic E-state index is 4.73. The third-order valence-corrected chi connectivity index (χ3v) is 4.54. The van der Waals surface area contributed by atoms with Crippen molar-refractivity contribution in [1.29, 1.82) is 0 Å². The van der Waals surface area contributed by atoms with Crippen LogP contribution >= 0.6 is 15.9 Å². The number of aromatic nitrogens is 3. The standard InChI is InChI=1S/C13H16BrN3/c1-9-13(14)17-12(15-9)8-7-11(16-17)10-5-3-2-4-6-10/h7-8,10H,2-6H2,1H3. The van der Waals surface area contributed by atoms with Crippen LogP contribution in [0.25, 0.3) is 5.65 Å². The van der Waals surface area contributed by atoms with Gasteiger partial charge < -0.3 is 0 Å². The van der Waals surface area contributed by atoms with Crippen LogP contribution in [0.4, 0.5) is 0 Å². The zero-order valence-electron chi connectivity index (χ0n) is 9.99. The molecule has 3 nitrogen and oxygen atoms in total. The van der Waals surface area contributed by atoms with E-state index in [1.165, 1.54) is 37.8 Å². The first kappa shape index (κ1) is 11.2. The Hall–Kier alpha value is -0.900. The first-order valence-corrected chi connectivity index (χ1v) is 7.07. The Balaban J connectivity index is 2.02. The van der Waals surface area contributed by atoms with Crippen molar-refractivity contribution < 1.29 is 0 Å². The van der Waals surface area contributed by atoms with Crippen LogP contribution in [-0.4, -0.2) is 14.6 Å². The second-order valence-corrected chi connectivity index (χ2v) is 5.60. The van der Waals surface area contributed by atoms with Gasteiger partial charge in [0.1, 0.15) is 4.60 Å². The predicted octanol–water partition coefficient (Wildman–Crippen LogP) is 3.85. The predicted molar refractivity (Wildman–Crippen MR) is 71.3 cm³/mol. The van der Waals surface area contributed by atoms with Gasteiger partial charge in [0.25, 0.3) is 0 Å². The molecule has 1 saturated carbocycles. The summed E-state index contributed by atoms with van der Waals surface area (Å²) >= 11 is 3.55. The van der Waals surface area contributed by atoms with E-state index in [1.807, 2.05) is 11.4 Å². The van der Waals surface area contributed by atoms with Crippen molar-refractivity contribution in [2.45, 2.75) is 44.9 Å². The molecule has 4 heteroatoms. The van der Waals surface area contributed by atoms with Gasteiger partial charge in [-0.2, -0.15) is 5.10 Å². The molecule has 0 aliphatic heterocycles. The number of halogens is 1. The van der Waals surface area contributed by atoms with E-state index in [1.54, 1.807) is 0 Å². The van der Waals surface area contributed by atoms with Gasteiger partial charge in [0.15, 0.2) is 5.65 Å². The maximum Gasteiger partial charge on any atom is 0.155 e. The largest absolute Gasteiger partial charge is 0.231 e. The first-order chi connectivity index (χ1) is 8.25. The van der Waals surface area contributed by atoms with Gasteiger partial charge in [-0.1, -0.05) is 19.3 Å². The summed E-state index contributed by atoms with van der Waals surface area (Å²) < 4.78 is 2.89. The van der Waals surface area contributed by atoms with Crippen molar-refractivity contribution in [1.82, 2.24) is 14.6 Å². The lowest BCUT2D eigenvalue weighted by atomic mass is 9.87. The number of imidazole rings is 1. The second-order valence-electron chi connectivity index (χ2n) is 4.85. The molecule has 0 aromatic carbocycles. The van der Waals surface area contributed by atoms with Crippen LogP contribution in [0.1, 0.15) is 49.4 Å². The molecule has 0 bridgehead atoms. The quantitative estimate of drug-likeness (QED) is 0.799. The smallest absolute Gasteiger partial charge is 0.155 e. The topological polar surface area (TPSA) is 30.2 Å². The van der Waals surface area contributed by atoms with Gasteiger partial charge >= 0.3 is 0 Å². The van der Waals surface area contributed by atoms with E-state index in [9.17, 15) is 0 Å². The Morgan fingerprint density at radius 2 is 2.00 bits per heavy atom. The zero-order chi connectivity index (χ0) is 11.8. The van der Waals surface area contributed by atoms with Crippen LogP contribution in [0.5, 0.6) is 0 Å². The summed E-state index contributed by atoms with van der Waals surface area (Å²) in [5.74, 6) is 0.641. The summed E-state index contributed by atoms with van der Waals surface area (Å²) in [6.45, 7) is 2.00. The number of fused-ring (bicyclic) bond motifs is 1. The maximum absolute atomic E-state index is 4.73. The molecule has 1 fully saturated rings. The molecule has 17 heavy (non-hydrogen) atoms. The Bertz CT molecular complexity index is 541. The van der Waals surface area contributed by atoms with Crippen molar-refractivity contribution in [3.8, 4) is 0 Å². The lowest BCUT2D eigenvalue weighted by Crippen LogP contribution is -2.08. The number of rotatable bonds is 1. The van der Waals surface area contributed by atoms with Crippen LogP contribution in [0, 0.1) is 6.92 Å². The van der Waals surface area contributed by atoms with Gasteiger partial charge in [-0.15, -0.1) is 0 Å². The summed E-state index contributed by atoms with van der Waals surface area (Å²) in [6.07, 6.45) is 6.63. The lowest BCUT2D eigenvalue weighted by molar-refractivity contribution is 0.433. The minimum Gasteiger partial charge on any atom is -0.231 e. The van der Waals surface area contributed by atoms with E-state index in [2.05, 4.69) is 33.0 Å². The highest BCUT2D eigenvalue weighted by atomic mass is 79.9. The SMILES string of the molecule is Cc1nc2ccc(C3CCCCC3)nn2c1Br. The van der Waals surface area contributed by atoms with E-state index in [-0.39, 0.29) is 0 Å². The number of aryl methyl sites for hydroxylation is 1. The van der Waals surface area contributed by atoms with E-state index in [0.29, 0.717) is 5.92 Å². The highest BCUT2D eigenvalue weighted by Gasteiger charge is 2.18. The van der Waals surface area contributed by atoms with Gasteiger partial charge in [0.2, 0.25) is 0 Å². The lowest BCUT2D eigenvalue weighted by Gasteiger charge is -2.20. The van der Waals surface area contributed by atoms with Crippen LogP contribution < -0.4 is 0 Å². The van der Waals surface area contributed by atoms with Gasteiger partial charge in [-0.05, 0) is 47.8 Å². The van der Waals surface area contributed by atoms with Crippen LogP contribution in [0.15, 0.2) is 16.7 Å². The Morgan fingerprint density at radius 1 is 1.24 bits per heavy atom. The summed E-state index contributed by atoms with van der Waals surface area (Å²) in [7, 11) is 0. The summed E-state index contributed by atoms with van der Waals surface area (Å²) in [6, 6.07) is 4.22. The fourth-order valence-electron chi connectivity index (χ4n) is 2.65. The van der Waals surface area contributed by atoms with Crippen LogP contribution in [-0.2, 0) is 0 Å². The van der Waals surface area contributed by atoms with E-state index < -0.39 is 0 Å². The molecular weight excluding hydrogens is 278 g/mol. The third-order valence-electron chi connectivity index (χ3n) is 3.63.